The second-order valence-electron chi connectivity index (χ2n) is 4.88. The molecular formula is C12H22N2O2. The normalized spacial score (nSPS) is 26.2. The molecule has 0 unspecified atom stereocenters. The molecule has 0 radical (unpaired) electrons. The average Bonchev–Trinajstić information content (AvgIpc) is 2.26. The van der Waals surface area contributed by atoms with Gasteiger partial charge in [0.1, 0.15) is 0 Å². The number of aliphatic hydroxyl groups excluding tert-OH is 1. The number of hydrogen-bond acceptors (Lipinski definition) is 3. The molecule has 1 saturated heterocycles. The first kappa shape index (κ1) is 11.9. The quantitative estimate of drug-likeness (QED) is 0.728. The summed E-state index contributed by atoms with van der Waals surface area (Å²) in [6.45, 7) is 2.45. The molecule has 2 aliphatic rings. The number of nitrogens with one attached hydrogen (secondary N) is 1. The van der Waals surface area contributed by atoms with Gasteiger partial charge in [-0.3, -0.25) is 4.79 Å². The van der Waals surface area contributed by atoms with E-state index in [0.717, 1.165) is 38.8 Å². The summed E-state index contributed by atoms with van der Waals surface area (Å²) < 4.78 is 0. The first-order chi connectivity index (χ1) is 7.83. The predicted molar refractivity (Wildman–Crippen MR) is 62.0 cm³/mol. The predicted octanol–water partition coefficient (Wildman–Crippen LogP) is 0.359. The number of aliphatic hydroxyl groups is 1. The Kier molecular flexibility index (Phi) is 4.18. The van der Waals surface area contributed by atoms with Crippen LogP contribution in [0.25, 0.3) is 0 Å². The number of carbonyl (C=O) groups is 1. The third-order valence-corrected chi connectivity index (χ3v) is 3.79. The summed E-state index contributed by atoms with van der Waals surface area (Å²) in [5.74, 6) is 0.395. The standard InChI is InChI=1S/C12H22N2O2/c15-8-7-14(11-4-1-5-11)12(16)10-3-2-6-13-9-10/h10-11,13,15H,1-9H2/t10-/m0/s1. The van der Waals surface area contributed by atoms with E-state index in [1.54, 1.807) is 0 Å². The maximum Gasteiger partial charge on any atom is 0.227 e. The van der Waals surface area contributed by atoms with E-state index in [1.807, 2.05) is 4.90 Å². The lowest BCUT2D eigenvalue weighted by atomic mass is 9.89. The number of nitrogens with zero attached hydrogens (tertiary/aromatic N) is 1. The van der Waals surface area contributed by atoms with Gasteiger partial charge in [-0.15, -0.1) is 0 Å². The lowest BCUT2D eigenvalue weighted by Crippen LogP contribution is -2.50. The minimum absolute atomic E-state index is 0.0857. The molecule has 0 aromatic carbocycles. The summed E-state index contributed by atoms with van der Waals surface area (Å²) in [7, 11) is 0. The first-order valence-electron chi connectivity index (χ1n) is 6.45. The Labute approximate surface area is 97.0 Å². The van der Waals surface area contributed by atoms with Gasteiger partial charge in [0.25, 0.3) is 0 Å². The maximum absolute atomic E-state index is 12.3. The zero-order chi connectivity index (χ0) is 11.4. The van der Waals surface area contributed by atoms with Crippen molar-refractivity contribution in [3.8, 4) is 0 Å². The monoisotopic (exact) mass is 226 g/mol. The first-order valence-corrected chi connectivity index (χ1v) is 6.45. The molecule has 0 spiro atoms. The van der Waals surface area contributed by atoms with Crippen LogP contribution < -0.4 is 5.32 Å². The van der Waals surface area contributed by atoms with E-state index in [9.17, 15) is 4.79 Å². The fraction of sp³-hybridized carbons (Fsp3) is 0.917. The summed E-state index contributed by atoms with van der Waals surface area (Å²) >= 11 is 0. The fourth-order valence-corrected chi connectivity index (χ4v) is 2.58. The van der Waals surface area contributed by atoms with Crippen molar-refractivity contribution < 1.29 is 9.90 Å². The minimum atomic E-state index is 0.0857. The van der Waals surface area contributed by atoms with Crippen LogP contribution in [0.5, 0.6) is 0 Å². The van der Waals surface area contributed by atoms with E-state index in [-0.39, 0.29) is 18.4 Å². The van der Waals surface area contributed by atoms with E-state index in [0.29, 0.717) is 12.6 Å². The van der Waals surface area contributed by atoms with Crippen molar-refractivity contribution >= 4 is 5.91 Å². The second-order valence-corrected chi connectivity index (χ2v) is 4.88. The molecule has 2 rings (SSSR count). The number of amides is 1. The van der Waals surface area contributed by atoms with Gasteiger partial charge < -0.3 is 15.3 Å². The minimum Gasteiger partial charge on any atom is -0.395 e. The van der Waals surface area contributed by atoms with Crippen molar-refractivity contribution in [2.75, 3.05) is 26.2 Å². The Morgan fingerprint density at radius 1 is 1.31 bits per heavy atom. The molecule has 4 nitrogen and oxygen atoms in total. The van der Waals surface area contributed by atoms with Gasteiger partial charge in [-0.1, -0.05) is 0 Å². The Morgan fingerprint density at radius 2 is 2.12 bits per heavy atom. The van der Waals surface area contributed by atoms with Gasteiger partial charge in [0.2, 0.25) is 5.91 Å². The molecule has 1 heterocycles. The molecule has 1 aliphatic carbocycles. The summed E-state index contributed by atoms with van der Waals surface area (Å²) in [4.78, 5) is 14.2. The van der Waals surface area contributed by atoms with Crippen molar-refractivity contribution in [1.29, 1.82) is 0 Å². The molecule has 1 atom stereocenters. The number of rotatable bonds is 4. The van der Waals surface area contributed by atoms with Gasteiger partial charge in [0.15, 0.2) is 0 Å². The van der Waals surface area contributed by atoms with Crippen LogP contribution in [-0.4, -0.2) is 48.2 Å². The molecule has 0 aromatic rings. The van der Waals surface area contributed by atoms with E-state index in [1.165, 1.54) is 6.42 Å². The highest BCUT2D eigenvalue weighted by Crippen LogP contribution is 2.27. The number of hydrogen-bond donors (Lipinski definition) is 2. The number of piperidine rings is 1. The Bertz CT molecular complexity index is 235. The van der Waals surface area contributed by atoms with E-state index in [4.69, 9.17) is 5.11 Å². The summed E-state index contributed by atoms with van der Waals surface area (Å²) in [5, 5.41) is 12.3. The molecule has 0 bridgehead atoms. The van der Waals surface area contributed by atoms with Gasteiger partial charge in [0, 0.05) is 19.1 Å². The van der Waals surface area contributed by atoms with Crippen LogP contribution in [0.1, 0.15) is 32.1 Å². The van der Waals surface area contributed by atoms with Gasteiger partial charge >= 0.3 is 0 Å². The molecule has 2 N–H and O–H groups in total. The van der Waals surface area contributed by atoms with Crippen LogP contribution in [0.15, 0.2) is 0 Å². The molecule has 1 amide bonds. The molecule has 1 aliphatic heterocycles. The topological polar surface area (TPSA) is 52.6 Å². The van der Waals surface area contributed by atoms with E-state index in [2.05, 4.69) is 5.32 Å². The Balaban J connectivity index is 1.92. The van der Waals surface area contributed by atoms with Crippen LogP contribution in [0.4, 0.5) is 0 Å². The third-order valence-electron chi connectivity index (χ3n) is 3.79. The van der Waals surface area contributed by atoms with Crippen LogP contribution in [0, 0.1) is 5.92 Å². The summed E-state index contributed by atoms with van der Waals surface area (Å²) in [5.41, 5.74) is 0. The highest BCUT2D eigenvalue weighted by atomic mass is 16.3. The third kappa shape index (κ3) is 2.55. The fourth-order valence-electron chi connectivity index (χ4n) is 2.58. The van der Waals surface area contributed by atoms with Gasteiger partial charge in [-0.05, 0) is 38.6 Å². The lowest BCUT2D eigenvalue weighted by molar-refractivity contribution is -0.140. The molecule has 4 heteroatoms. The molecule has 16 heavy (non-hydrogen) atoms. The lowest BCUT2D eigenvalue weighted by Gasteiger charge is -2.39. The molecular weight excluding hydrogens is 204 g/mol. The largest absolute Gasteiger partial charge is 0.395 e. The van der Waals surface area contributed by atoms with E-state index < -0.39 is 0 Å². The smallest absolute Gasteiger partial charge is 0.227 e. The van der Waals surface area contributed by atoms with Gasteiger partial charge in [0.05, 0.1) is 12.5 Å². The SMILES string of the molecule is O=C([C@H]1CCCNC1)N(CCO)C1CCC1. The highest BCUT2D eigenvalue weighted by Gasteiger charge is 2.32. The van der Waals surface area contributed by atoms with Crippen molar-refractivity contribution in [1.82, 2.24) is 10.2 Å². The zero-order valence-corrected chi connectivity index (χ0v) is 9.82. The average molecular weight is 226 g/mol. The highest BCUT2D eigenvalue weighted by molar-refractivity contribution is 5.79. The van der Waals surface area contributed by atoms with Crippen molar-refractivity contribution in [3.63, 3.8) is 0 Å². The summed E-state index contributed by atoms with van der Waals surface area (Å²) in [6, 6.07) is 0.404. The van der Waals surface area contributed by atoms with Gasteiger partial charge in [-0.25, -0.2) is 0 Å². The van der Waals surface area contributed by atoms with Crippen LogP contribution >= 0.6 is 0 Å². The Morgan fingerprint density at radius 3 is 2.62 bits per heavy atom. The maximum atomic E-state index is 12.3. The summed E-state index contributed by atoms with van der Waals surface area (Å²) in [6.07, 6.45) is 5.55. The Hall–Kier alpha value is -0.610. The van der Waals surface area contributed by atoms with Crippen LogP contribution in [0.3, 0.4) is 0 Å². The molecule has 0 aromatic heterocycles. The van der Waals surface area contributed by atoms with Crippen molar-refractivity contribution in [2.45, 2.75) is 38.1 Å². The molecule has 92 valence electrons. The van der Waals surface area contributed by atoms with Crippen molar-refractivity contribution in [2.24, 2.45) is 5.92 Å². The number of carbonyl (C=O) groups excluding carboxylic acids is 1. The zero-order valence-electron chi connectivity index (χ0n) is 9.82. The molecule has 2 fully saturated rings. The van der Waals surface area contributed by atoms with E-state index >= 15 is 0 Å². The second kappa shape index (κ2) is 5.64. The van der Waals surface area contributed by atoms with Crippen molar-refractivity contribution in [3.05, 3.63) is 0 Å². The molecule has 1 saturated carbocycles. The van der Waals surface area contributed by atoms with Crippen LogP contribution in [0.2, 0.25) is 0 Å². The van der Waals surface area contributed by atoms with Gasteiger partial charge in [-0.2, -0.15) is 0 Å². The van der Waals surface area contributed by atoms with Crippen LogP contribution in [-0.2, 0) is 4.79 Å².